The highest BCUT2D eigenvalue weighted by molar-refractivity contribution is 6.34. The Hall–Kier alpha value is -1.66. The Labute approximate surface area is 157 Å². The normalized spacial score (nSPS) is 28.0. The summed E-state index contributed by atoms with van der Waals surface area (Å²) in [5.74, 6) is -0.508. The maximum absolute atomic E-state index is 14.2. The molecule has 5 nitrogen and oxygen atoms in total. The number of aryl methyl sites for hydroxylation is 1. The van der Waals surface area contributed by atoms with E-state index in [1.54, 1.807) is 25.0 Å². The number of hydrogen-bond acceptors (Lipinski definition) is 3. The van der Waals surface area contributed by atoms with Gasteiger partial charge in [0.15, 0.2) is 0 Å². The number of amides is 2. The second-order valence-corrected chi connectivity index (χ2v) is 7.71. The molecule has 26 heavy (non-hydrogen) atoms. The summed E-state index contributed by atoms with van der Waals surface area (Å²) < 4.78 is 19.8. The molecular weight excluding hydrogens is 359 g/mol. The van der Waals surface area contributed by atoms with Crippen LogP contribution in [0.5, 0.6) is 0 Å². The molecule has 1 saturated heterocycles. The van der Waals surface area contributed by atoms with Crippen LogP contribution in [0.2, 0.25) is 5.02 Å². The summed E-state index contributed by atoms with van der Waals surface area (Å²) in [6.07, 6.45) is 1.44. The number of hydrogen-bond donors (Lipinski definition) is 1. The fraction of sp³-hybridized carbons (Fsp3) is 0.579. The topological polar surface area (TPSA) is 58.6 Å². The first kappa shape index (κ1) is 19.1. The molecule has 2 fully saturated rings. The molecule has 3 rings (SSSR count). The Morgan fingerprint density at radius 1 is 1.27 bits per heavy atom. The number of rotatable bonds is 3. The smallest absolute Gasteiger partial charge is 0.258 e. The largest absolute Gasteiger partial charge is 0.379 e. The van der Waals surface area contributed by atoms with Crippen LogP contribution in [0, 0.1) is 24.6 Å². The molecule has 0 spiro atoms. The molecule has 142 valence electrons. The van der Waals surface area contributed by atoms with Crippen LogP contribution in [0.25, 0.3) is 0 Å². The van der Waals surface area contributed by atoms with Gasteiger partial charge in [-0.15, -0.1) is 0 Å². The first-order valence-electron chi connectivity index (χ1n) is 8.85. The molecule has 1 saturated carbocycles. The van der Waals surface area contributed by atoms with Gasteiger partial charge in [-0.1, -0.05) is 17.7 Å². The van der Waals surface area contributed by atoms with E-state index in [1.165, 1.54) is 13.0 Å². The standard InChI is InChI=1S/C19H24ClFN2O3/c1-10-4-5-14(21)17(18(10)20)19(25)23-8-12-6-15(22-11(2)24)16(26-3)7-13(12)9-23/h4-5,12-13,15-16H,6-9H2,1-3H3,(H,22,24)/t12-,13+,15-,16-/m1/s1. The van der Waals surface area contributed by atoms with E-state index in [4.69, 9.17) is 16.3 Å². The third kappa shape index (κ3) is 3.58. The van der Waals surface area contributed by atoms with Crippen molar-refractivity contribution >= 4 is 23.4 Å². The molecular formula is C19H24ClFN2O3. The minimum Gasteiger partial charge on any atom is -0.379 e. The van der Waals surface area contributed by atoms with E-state index in [0.717, 1.165) is 12.8 Å². The predicted molar refractivity (Wildman–Crippen MR) is 96.7 cm³/mol. The van der Waals surface area contributed by atoms with E-state index in [-0.39, 0.29) is 46.4 Å². The Balaban J connectivity index is 1.77. The summed E-state index contributed by atoms with van der Waals surface area (Å²) in [5.41, 5.74) is 0.630. The number of fused-ring (bicyclic) bond motifs is 1. The number of likely N-dealkylation sites (tertiary alicyclic amines) is 1. The van der Waals surface area contributed by atoms with Crippen molar-refractivity contribution in [1.82, 2.24) is 10.2 Å². The lowest BCUT2D eigenvalue weighted by molar-refractivity contribution is -0.121. The van der Waals surface area contributed by atoms with Crippen molar-refractivity contribution in [2.75, 3.05) is 20.2 Å². The maximum Gasteiger partial charge on any atom is 0.258 e. The van der Waals surface area contributed by atoms with Crippen molar-refractivity contribution < 1.29 is 18.7 Å². The number of halogens is 2. The molecule has 0 bridgehead atoms. The molecule has 4 atom stereocenters. The van der Waals surface area contributed by atoms with Crippen LogP contribution in [0.3, 0.4) is 0 Å². The number of methoxy groups -OCH3 is 1. The minimum atomic E-state index is -0.591. The van der Waals surface area contributed by atoms with Crippen LogP contribution >= 0.6 is 11.6 Å². The van der Waals surface area contributed by atoms with Crippen molar-refractivity contribution in [2.24, 2.45) is 11.8 Å². The van der Waals surface area contributed by atoms with Crippen LogP contribution in [0.15, 0.2) is 12.1 Å². The molecule has 1 N–H and O–H groups in total. The van der Waals surface area contributed by atoms with Crippen molar-refractivity contribution in [3.8, 4) is 0 Å². The van der Waals surface area contributed by atoms with Crippen molar-refractivity contribution in [3.63, 3.8) is 0 Å². The molecule has 0 radical (unpaired) electrons. The fourth-order valence-electron chi connectivity index (χ4n) is 4.26. The summed E-state index contributed by atoms with van der Waals surface area (Å²) in [7, 11) is 1.64. The number of ether oxygens (including phenoxy) is 1. The van der Waals surface area contributed by atoms with Crippen LogP contribution in [0.1, 0.15) is 35.7 Å². The lowest BCUT2D eigenvalue weighted by Crippen LogP contribution is -2.49. The van der Waals surface area contributed by atoms with Gasteiger partial charge in [-0.3, -0.25) is 9.59 Å². The molecule has 2 amide bonds. The Morgan fingerprint density at radius 2 is 1.92 bits per heavy atom. The zero-order valence-electron chi connectivity index (χ0n) is 15.2. The maximum atomic E-state index is 14.2. The average molecular weight is 383 g/mol. The van der Waals surface area contributed by atoms with Gasteiger partial charge in [-0.05, 0) is 43.2 Å². The molecule has 1 heterocycles. The van der Waals surface area contributed by atoms with Gasteiger partial charge in [-0.2, -0.15) is 0 Å². The third-order valence-corrected chi connectivity index (χ3v) is 6.08. The molecule has 0 unspecified atom stereocenters. The number of benzene rings is 1. The molecule has 0 aromatic heterocycles. The number of carbonyl (C=O) groups is 2. The van der Waals surface area contributed by atoms with E-state index >= 15 is 0 Å². The second kappa shape index (κ2) is 7.53. The lowest BCUT2D eigenvalue weighted by Gasteiger charge is -2.37. The van der Waals surface area contributed by atoms with Crippen LogP contribution in [-0.2, 0) is 9.53 Å². The number of carbonyl (C=O) groups excluding carboxylic acids is 2. The fourth-order valence-corrected chi connectivity index (χ4v) is 4.50. The molecule has 1 aliphatic carbocycles. The lowest BCUT2D eigenvalue weighted by atomic mass is 9.77. The predicted octanol–water partition coefficient (Wildman–Crippen LogP) is 2.79. The van der Waals surface area contributed by atoms with Crippen LogP contribution in [-0.4, -0.2) is 49.1 Å². The second-order valence-electron chi connectivity index (χ2n) is 7.34. The summed E-state index contributed by atoms with van der Waals surface area (Å²) in [4.78, 5) is 26.0. The van der Waals surface area contributed by atoms with E-state index in [1.807, 2.05) is 0 Å². The zero-order chi connectivity index (χ0) is 19.0. The average Bonchev–Trinajstić information content (AvgIpc) is 3.00. The van der Waals surface area contributed by atoms with Gasteiger partial charge in [0.2, 0.25) is 5.91 Å². The summed E-state index contributed by atoms with van der Waals surface area (Å²) in [6, 6.07) is 2.79. The van der Waals surface area contributed by atoms with Gasteiger partial charge in [-0.25, -0.2) is 4.39 Å². The van der Waals surface area contributed by atoms with Gasteiger partial charge < -0.3 is 15.0 Å². The quantitative estimate of drug-likeness (QED) is 0.874. The van der Waals surface area contributed by atoms with E-state index < -0.39 is 5.82 Å². The zero-order valence-corrected chi connectivity index (χ0v) is 16.0. The van der Waals surface area contributed by atoms with E-state index in [9.17, 15) is 14.0 Å². The first-order chi connectivity index (χ1) is 12.3. The Kier molecular flexibility index (Phi) is 5.53. The molecule has 2 aliphatic rings. The summed E-state index contributed by atoms with van der Waals surface area (Å²) in [5, 5.41) is 3.12. The summed E-state index contributed by atoms with van der Waals surface area (Å²) in [6.45, 7) is 4.34. The molecule has 7 heteroatoms. The number of nitrogens with one attached hydrogen (secondary N) is 1. The van der Waals surface area contributed by atoms with Crippen molar-refractivity contribution in [2.45, 2.75) is 38.8 Å². The highest BCUT2D eigenvalue weighted by Gasteiger charge is 2.44. The minimum absolute atomic E-state index is 0.0491. The van der Waals surface area contributed by atoms with Crippen LogP contribution < -0.4 is 5.32 Å². The Bertz CT molecular complexity index is 727. The van der Waals surface area contributed by atoms with Gasteiger partial charge >= 0.3 is 0 Å². The third-order valence-electron chi connectivity index (χ3n) is 5.59. The molecule has 1 aromatic rings. The van der Waals surface area contributed by atoms with Gasteiger partial charge in [0.25, 0.3) is 5.91 Å². The highest BCUT2D eigenvalue weighted by atomic mass is 35.5. The number of nitrogens with zero attached hydrogens (tertiary/aromatic N) is 1. The highest BCUT2D eigenvalue weighted by Crippen LogP contribution is 2.38. The molecule has 1 aliphatic heterocycles. The first-order valence-corrected chi connectivity index (χ1v) is 9.23. The summed E-state index contributed by atoms with van der Waals surface area (Å²) >= 11 is 6.20. The van der Waals surface area contributed by atoms with Gasteiger partial charge in [0.1, 0.15) is 5.82 Å². The van der Waals surface area contributed by atoms with Crippen molar-refractivity contribution in [1.29, 1.82) is 0 Å². The van der Waals surface area contributed by atoms with E-state index in [0.29, 0.717) is 18.7 Å². The van der Waals surface area contributed by atoms with Gasteiger partial charge in [0, 0.05) is 27.1 Å². The Morgan fingerprint density at radius 3 is 2.54 bits per heavy atom. The molecule has 1 aromatic carbocycles. The monoisotopic (exact) mass is 382 g/mol. The SMILES string of the molecule is CO[C@@H]1C[C@H]2CN(C(=O)c3c(F)ccc(C)c3Cl)C[C@H]2C[C@H]1NC(C)=O. The van der Waals surface area contributed by atoms with Crippen molar-refractivity contribution in [3.05, 3.63) is 34.1 Å². The van der Waals surface area contributed by atoms with E-state index in [2.05, 4.69) is 5.32 Å². The van der Waals surface area contributed by atoms with Gasteiger partial charge in [0.05, 0.1) is 22.7 Å². The van der Waals surface area contributed by atoms with Crippen LogP contribution in [0.4, 0.5) is 4.39 Å².